The van der Waals surface area contributed by atoms with Crippen LogP contribution in [-0.2, 0) is 10.0 Å². The fraction of sp³-hybridized carbons (Fsp3) is 0.0714. The van der Waals surface area contributed by atoms with Crippen LogP contribution in [0.2, 0.25) is 0 Å². The van der Waals surface area contributed by atoms with Gasteiger partial charge in [-0.2, -0.15) is 0 Å². The van der Waals surface area contributed by atoms with Crippen molar-refractivity contribution < 1.29 is 8.42 Å². The Morgan fingerprint density at radius 1 is 1.10 bits per heavy atom. The lowest BCUT2D eigenvalue weighted by molar-refractivity contribution is 0.587. The minimum absolute atomic E-state index is 0.206. The van der Waals surface area contributed by atoms with E-state index in [9.17, 15) is 8.42 Å². The summed E-state index contributed by atoms with van der Waals surface area (Å²) in [5.41, 5.74) is 1.23. The van der Waals surface area contributed by atoms with Crippen LogP contribution in [0, 0.1) is 6.92 Å². The zero-order valence-electron chi connectivity index (χ0n) is 10.9. The van der Waals surface area contributed by atoms with E-state index in [0.717, 1.165) is 4.47 Å². The van der Waals surface area contributed by atoms with Crippen molar-refractivity contribution in [3.63, 3.8) is 0 Å². The molecule has 0 spiro atoms. The van der Waals surface area contributed by atoms with Crippen molar-refractivity contribution in [2.24, 2.45) is 0 Å². The standard InChI is InChI=1S/C14H10Br2N2O2S/c1-9-17-12-4-2-3-5-13(12)18(9)21(19,20)14-7-6-10(15)8-11(14)16/h2-8H,1H3. The third-order valence-electron chi connectivity index (χ3n) is 3.09. The van der Waals surface area contributed by atoms with E-state index in [1.807, 2.05) is 6.07 Å². The normalized spacial score (nSPS) is 12.0. The van der Waals surface area contributed by atoms with Crippen molar-refractivity contribution in [1.29, 1.82) is 0 Å². The van der Waals surface area contributed by atoms with Crippen LogP contribution in [0.15, 0.2) is 56.3 Å². The maximum atomic E-state index is 12.9. The molecular weight excluding hydrogens is 420 g/mol. The number of imidazole rings is 1. The van der Waals surface area contributed by atoms with E-state index in [1.54, 1.807) is 43.3 Å². The molecule has 108 valence electrons. The Kier molecular flexibility index (Phi) is 3.67. The van der Waals surface area contributed by atoms with Crippen LogP contribution < -0.4 is 0 Å². The lowest BCUT2D eigenvalue weighted by atomic mass is 10.3. The van der Waals surface area contributed by atoms with Gasteiger partial charge in [-0.25, -0.2) is 17.4 Å². The Morgan fingerprint density at radius 2 is 1.81 bits per heavy atom. The summed E-state index contributed by atoms with van der Waals surface area (Å²) in [6, 6.07) is 12.2. The topological polar surface area (TPSA) is 52.0 Å². The van der Waals surface area contributed by atoms with Crippen LogP contribution in [0.3, 0.4) is 0 Å². The maximum Gasteiger partial charge on any atom is 0.270 e. The summed E-state index contributed by atoms with van der Waals surface area (Å²) in [6.07, 6.45) is 0. The summed E-state index contributed by atoms with van der Waals surface area (Å²) in [7, 11) is -3.71. The second kappa shape index (κ2) is 5.23. The van der Waals surface area contributed by atoms with Gasteiger partial charge in [0.05, 0.1) is 11.0 Å². The number of fused-ring (bicyclic) bond motifs is 1. The van der Waals surface area contributed by atoms with E-state index in [4.69, 9.17) is 0 Å². The molecule has 0 N–H and O–H groups in total. The van der Waals surface area contributed by atoms with Crippen LogP contribution in [0.25, 0.3) is 11.0 Å². The first-order valence-electron chi connectivity index (χ1n) is 6.06. The van der Waals surface area contributed by atoms with Gasteiger partial charge in [-0.15, -0.1) is 0 Å². The molecular formula is C14H10Br2N2O2S. The molecule has 0 atom stereocenters. The smallest absolute Gasteiger partial charge is 0.232 e. The number of hydrogen-bond acceptors (Lipinski definition) is 3. The molecule has 2 aromatic carbocycles. The van der Waals surface area contributed by atoms with Crippen molar-refractivity contribution >= 4 is 52.9 Å². The number of halogens is 2. The Bertz CT molecular complexity index is 949. The summed E-state index contributed by atoms with van der Waals surface area (Å²) >= 11 is 6.64. The highest BCUT2D eigenvalue weighted by Crippen LogP contribution is 2.29. The van der Waals surface area contributed by atoms with Crippen molar-refractivity contribution in [3.05, 3.63) is 57.2 Å². The van der Waals surface area contributed by atoms with E-state index in [1.165, 1.54) is 3.97 Å². The van der Waals surface area contributed by atoms with Gasteiger partial charge in [-0.1, -0.05) is 28.1 Å². The molecule has 3 aromatic rings. The quantitative estimate of drug-likeness (QED) is 0.615. The zero-order valence-corrected chi connectivity index (χ0v) is 14.9. The molecule has 1 aromatic heterocycles. The summed E-state index contributed by atoms with van der Waals surface area (Å²) in [6.45, 7) is 1.68. The van der Waals surface area contributed by atoms with Crippen molar-refractivity contribution in [1.82, 2.24) is 8.96 Å². The molecule has 0 fully saturated rings. The number of aromatic nitrogens is 2. The molecule has 0 unspecified atom stereocenters. The van der Waals surface area contributed by atoms with Gasteiger partial charge in [0.2, 0.25) is 0 Å². The Hall–Kier alpha value is -1.18. The highest BCUT2D eigenvalue weighted by molar-refractivity contribution is 9.11. The molecule has 0 aliphatic rings. The fourth-order valence-electron chi connectivity index (χ4n) is 2.21. The van der Waals surface area contributed by atoms with Crippen LogP contribution in [0.1, 0.15) is 5.82 Å². The third-order valence-corrected chi connectivity index (χ3v) is 6.35. The van der Waals surface area contributed by atoms with Crippen LogP contribution in [0.5, 0.6) is 0 Å². The van der Waals surface area contributed by atoms with Gasteiger partial charge in [-0.3, -0.25) is 0 Å². The number of aryl methyl sites for hydroxylation is 1. The molecule has 0 saturated carbocycles. The molecule has 0 radical (unpaired) electrons. The van der Waals surface area contributed by atoms with Gasteiger partial charge >= 0.3 is 0 Å². The average Bonchev–Trinajstić information content (AvgIpc) is 2.74. The lowest BCUT2D eigenvalue weighted by Gasteiger charge is -2.10. The molecule has 0 aliphatic heterocycles. The number of para-hydroxylation sites is 2. The average molecular weight is 430 g/mol. The largest absolute Gasteiger partial charge is 0.270 e. The van der Waals surface area contributed by atoms with Gasteiger partial charge in [0, 0.05) is 8.95 Å². The number of nitrogens with zero attached hydrogens (tertiary/aromatic N) is 2. The lowest BCUT2D eigenvalue weighted by Crippen LogP contribution is -2.15. The summed E-state index contributed by atoms with van der Waals surface area (Å²) in [5.74, 6) is 0.436. The second-order valence-corrected chi connectivity index (χ2v) is 8.02. The van der Waals surface area contributed by atoms with E-state index >= 15 is 0 Å². The first kappa shape index (κ1) is 14.7. The Labute approximate surface area is 139 Å². The third kappa shape index (κ3) is 2.43. The number of hydrogen-bond donors (Lipinski definition) is 0. The van der Waals surface area contributed by atoms with E-state index in [0.29, 0.717) is 21.3 Å². The summed E-state index contributed by atoms with van der Waals surface area (Å²) in [5, 5.41) is 0. The molecule has 0 amide bonds. The molecule has 0 saturated heterocycles. The van der Waals surface area contributed by atoms with E-state index < -0.39 is 10.0 Å². The Balaban J connectivity index is 2.33. The van der Waals surface area contributed by atoms with Gasteiger partial charge in [0.15, 0.2) is 0 Å². The van der Waals surface area contributed by atoms with Gasteiger partial charge in [-0.05, 0) is 53.2 Å². The monoisotopic (exact) mass is 428 g/mol. The van der Waals surface area contributed by atoms with Crippen LogP contribution in [0.4, 0.5) is 0 Å². The van der Waals surface area contributed by atoms with Crippen molar-refractivity contribution in [2.45, 2.75) is 11.8 Å². The molecule has 3 rings (SSSR count). The highest BCUT2D eigenvalue weighted by Gasteiger charge is 2.24. The van der Waals surface area contributed by atoms with Crippen LogP contribution >= 0.6 is 31.9 Å². The van der Waals surface area contributed by atoms with Gasteiger partial charge < -0.3 is 0 Å². The molecule has 0 aliphatic carbocycles. The van der Waals surface area contributed by atoms with Gasteiger partial charge in [0.25, 0.3) is 10.0 Å². The number of benzene rings is 2. The molecule has 4 nitrogen and oxygen atoms in total. The molecule has 0 bridgehead atoms. The Morgan fingerprint density at radius 3 is 2.52 bits per heavy atom. The zero-order chi connectivity index (χ0) is 15.2. The van der Waals surface area contributed by atoms with E-state index in [-0.39, 0.29) is 4.90 Å². The molecule has 21 heavy (non-hydrogen) atoms. The second-order valence-electron chi connectivity index (χ2n) is 4.49. The first-order chi connectivity index (χ1) is 9.91. The minimum atomic E-state index is -3.71. The first-order valence-corrected chi connectivity index (χ1v) is 9.08. The molecule has 1 heterocycles. The number of rotatable bonds is 2. The predicted molar refractivity (Wildman–Crippen MR) is 88.9 cm³/mol. The predicted octanol–water partition coefficient (Wildman–Crippen LogP) is 4.11. The van der Waals surface area contributed by atoms with E-state index in [2.05, 4.69) is 36.8 Å². The molecule has 7 heteroatoms. The maximum absolute atomic E-state index is 12.9. The SMILES string of the molecule is Cc1nc2ccccc2n1S(=O)(=O)c1ccc(Br)cc1Br. The highest BCUT2D eigenvalue weighted by atomic mass is 79.9. The van der Waals surface area contributed by atoms with Crippen molar-refractivity contribution in [2.75, 3.05) is 0 Å². The van der Waals surface area contributed by atoms with Crippen LogP contribution in [-0.4, -0.2) is 17.4 Å². The fourth-order valence-corrected chi connectivity index (χ4v) is 5.42. The van der Waals surface area contributed by atoms with Crippen molar-refractivity contribution in [3.8, 4) is 0 Å². The van der Waals surface area contributed by atoms with Gasteiger partial charge in [0.1, 0.15) is 10.7 Å². The summed E-state index contributed by atoms with van der Waals surface area (Å²) < 4.78 is 28.5. The summed E-state index contributed by atoms with van der Waals surface area (Å²) in [4.78, 5) is 4.52. The minimum Gasteiger partial charge on any atom is -0.232 e.